The number of halogens is 1. The van der Waals surface area contributed by atoms with Crippen LogP contribution in [0.1, 0.15) is 50.2 Å². The first-order valence-electron chi connectivity index (χ1n) is 11.7. The largest absolute Gasteiger partial charge is 0.491 e. The van der Waals surface area contributed by atoms with Gasteiger partial charge in [-0.15, -0.1) is 0 Å². The molecule has 1 aliphatic heterocycles. The number of carbonyl (C=O) groups is 1. The molecular formula is C25H31ClN2O4S. The van der Waals surface area contributed by atoms with Crippen LogP contribution in [0.5, 0.6) is 5.75 Å². The van der Waals surface area contributed by atoms with Crippen LogP contribution in [0.2, 0.25) is 5.02 Å². The van der Waals surface area contributed by atoms with Gasteiger partial charge in [-0.2, -0.15) is 0 Å². The molecular weight excluding hydrogens is 460 g/mol. The molecule has 4 rings (SSSR count). The molecule has 0 bridgehead atoms. The Morgan fingerprint density at radius 1 is 1.12 bits per heavy atom. The highest BCUT2D eigenvalue weighted by atomic mass is 35.5. The number of nitrogens with one attached hydrogen (secondary N) is 1. The van der Waals surface area contributed by atoms with E-state index in [1.807, 2.05) is 19.1 Å². The molecule has 0 saturated carbocycles. The third-order valence-electron chi connectivity index (χ3n) is 6.95. The summed E-state index contributed by atoms with van der Waals surface area (Å²) in [6, 6.07) is 12.0. The number of sulfonamides is 1. The summed E-state index contributed by atoms with van der Waals surface area (Å²) in [5.74, 6) is -0.260. The number of nitrogens with zero attached hydrogens (tertiary/aromatic N) is 1. The van der Waals surface area contributed by atoms with E-state index >= 15 is 0 Å². The first kappa shape index (κ1) is 24.0. The van der Waals surface area contributed by atoms with Crippen LogP contribution in [-0.4, -0.2) is 45.5 Å². The molecule has 2 aliphatic rings. The van der Waals surface area contributed by atoms with Crippen LogP contribution in [0.15, 0.2) is 47.4 Å². The number of ether oxygens (including phenoxy) is 1. The molecule has 1 amide bonds. The van der Waals surface area contributed by atoms with E-state index in [1.54, 1.807) is 24.3 Å². The summed E-state index contributed by atoms with van der Waals surface area (Å²) in [6.45, 7) is 5.14. The molecule has 1 saturated heterocycles. The van der Waals surface area contributed by atoms with Crippen LogP contribution >= 0.6 is 11.6 Å². The number of fused-ring (bicyclic) bond motifs is 1. The Kier molecular flexibility index (Phi) is 7.31. The van der Waals surface area contributed by atoms with Crippen LogP contribution in [-0.2, 0) is 26.7 Å². The minimum atomic E-state index is -4.11. The van der Waals surface area contributed by atoms with E-state index in [9.17, 15) is 13.2 Å². The summed E-state index contributed by atoms with van der Waals surface area (Å²) in [5, 5.41) is 0.617. The maximum Gasteiger partial charge on any atom is 0.267 e. The number of rotatable bonds is 8. The SMILES string of the molecule is CCC1(C(=O)NS(=O)(=O)c2ccccc2OCCN2CCCCC2)CCc2c(Cl)cccc21. The van der Waals surface area contributed by atoms with Crippen molar-refractivity contribution in [3.63, 3.8) is 0 Å². The number of benzene rings is 2. The second-order valence-electron chi connectivity index (χ2n) is 8.83. The highest BCUT2D eigenvalue weighted by Gasteiger charge is 2.46. The van der Waals surface area contributed by atoms with Gasteiger partial charge in [-0.25, -0.2) is 13.1 Å². The van der Waals surface area contributed by atoms with Gasteiger partial charge in [0.2, 0.25) is 5.91 Å². The van der Waals surface area contributed by atoms with Gasteiger partial charge in [-0.3, -0.25) is 9.69 Å². The highest BCUT2D eigenvalue weighted by molar-refractivity contribution is 7.90. The Labute approximate surface area is 201 Å². The van der Waals surface area contributed by atoms with Crippen LogP contribution < -0.4 is 9.46 Å². The fraction of sp³-hybridized carbons (Fsp3) is 0.480. The summed E-state index contributed by atoms with van der Waals surface area (Å²) < 4.78 is 34.8. The maximum atomic E-state index is 13.4. The van der Waals surface area contributed by atoms with Crippen LogP contribution in [0.4, 0.5) is 0 Å². The van der Waals surface area contributed by atoms with Crippen molar-refractivity contribution < 1.29 is 17.9 Å². The van der Waals surface area contributed by atoms with Gasteiger partial charge in [0.05, 0.1) is 5.41 Å². The van der Waals surface area contributed by atoms with Crippen LogP contribution in [0, 0.1) is 0 Å². The lowest BCUT2D eigenvalue weighted by molar-refractivity contribution is -0.125. The van der Waals surface area contributed by atoms with E-state index in [0.29, 0.717) is 30.9 Å². The van der Waals surface area contributed by atoms with E-state index in [0.717, 1.165) is 30.8 Å². The van der Waals surface area contributed by atoms with E-state index in [4.69, 9.17) is 16.3 Å². The molecule has 1 unspecified atom stereocenters. The van der Waals surface area contributed by atoms with E-state index in [-0.39, 0.29) is 10.6 Å². The zero-order valence-electron chi connectivity index (χ0n) is 19.0. The molecule has 1 fully saturated rings. The molecule has 1 atom stereocenters. The number of likely N-dealkylation sites (tertiary alicyclic amines) is 1. The third-order valence-corrected chi connectivity index (χ3v) is 8.68. The van der Waals surface area contributed by atoms with Crippen molar-refractivity contribution >= 4 is 27.5 Å². The normalized spacial score (nSPS) is 20.9. The minimum Gasteiger partial charge on any atom is -0.491 e. The predicted molar refractivity (Wildman–Crippen MR) is 129 cm³/mol. The van der Waals surface area contributed by atoms with Gasteiger partial charge in [-0.05, 0) is 74.5 Å². The standard InChI is InChI=1S/C25H31ClN2O4S/c1-2-25(14-13-19-20(25)9-8-10-21(19)26)24(29)27-33(30,31)23-12-5-4-11-22(23)32-18-17-28-15-6-3-7-16-28/h4-5,8-12H,2-3,6-7,13-18H2,1H3,(H,27,29). The maximum absolute atomic E-state index is 13.4. The molecule has 2 aromatic carbocycles. The number of hydrogen-bond donors (Lipinski definition) is 1. The smallest absolute Gasteiger partial charge is 0.267 e. The molecule has 0 radical (unpaired) electrons. The fourth-order valence-corrected chi connectivity index (χ4v) is 6.50. The molecule has 1 aliphatic carbocycles. The quantitative estimate of drug-likeness (QED) is 0.597. The number of amides is 1. The van der Waals surface area contributed by atoms with E-state index < -0.39 is 21.3 Å². The molecule has 0 aromatic heterocycles. The van der Waals surface area contributed by atoms with Gasteiger partial charge in [0.25, 0.3) is 10.0 Å². The number of piperidine rings is 1. The summed E-state index contributed by atoms with van der Waals surface area (Å²) in [4.78, 5) is 15.7. The first-order chi connectivity index (χ1) is 15.9. The Morgan fingerprint density at radius 3 is 2.64 bits per heavy atom. The van der Waals surface area contributed by atoms with Gasteiger partial charge in [0.1, 0.15) is 17.3 Å². The van der Waals surface area contributed by atoms with Crippen molar-refractivity contribution in [1.29, 1.82) is 0 Å². The molecule has 33 heavy (non-hydrogen) atoms. The Hall–Kier alpha value is -2.09. The average Bonchev–Trinajstić information content (AvgIpc) is 3.21. The van der Waals surface area contributed by atoms with Crippen molar-refractivity contribution in [2.24, 2.45) is 0 Å². The summed E-state index contributed by atoms with van der Waals surface area (Å²) >= 11 is 6.34. The van der Waals surface area contributed by atoms with E-state index in [1.165, 1.54) is 25.3 Å². The van der Waals surface area contributed by atoms with Crippen molar-refractivity contribution in [3.05, 3.63) is 58.6 Å². The summed E-state index contributed by atoms with van der Waals surface area (Å²) in [6.07, 6.45) is 5.28. The monoisotopic (exact) mass is 490 g/mol. The first-order valence-corrected chi connectivity index (χ1v) is 13.5. The summed E-state index contributed by atoms with van der Waals surface area (Å²) in [7, 11) is -4.11. The number of para-hydroxylation sites is 1. The van der Waals surface area contributed by atoms with E-state index in [2.05, 4.69) is 9.62 Å². The lowest BCUT2D eigenvalue weighted by atomic mass is 9.79. The highest BCUT2D eigenvalue weighted by Crippen LogP contribution is 2.44. The number of hydrogen-bond acceptors (Lipinski definition) is 5. The predicted octanol–water partition coefficient (Wildman–Crippen LogP) is 4.30. The fourth-order valence-electron chi connectivity index (χ4n) is 5.03. The van der Waals surface area contributed by atoms with Crippen molar-refractivity contribution in [1.82, 2.24) is 9.62 Å². The Bertz CT molecular complexity index is 1120. The summed E-state index contributed by atoms with van der Waals surface area (Å²) in [5.41, 5.74) is 0.823. The zero-order valence-corrected chi connectivity index (χ0v) is 20.6. The molecule has 0 spiro atoms. The van der Waals surface area contributed by atoms with Gasteiger partial charge in [-0.1, -0.05) is 49.2 Å². The topological polar surface area (TPSA) is 75.7 Å². The van der Waals surface area contributed by atoms with Crippen molar-refractivity contribution in [2.75, 3.05) is 26.2 Å². The van der Waals surface area contributed by atoms with Crippen molar-refractivity contribution in [3.8, 4) is 5.75 Å². The average molecular weight is 491 g/mol. The molecule has 6 nitrogen and oxygen atoms in total. The molecule has 1 heterocycles. The zero-order chi connectivity index (χ0) is 23.5. The van der Waals surface area contributed by atoms with Gasteiger partial charge >= 0.3 is 0 Å². The second kappa shape index (κ2) is 10.0. The molecule has 8 heteroatoms. The molecule has 178 valence electrons. The van der Waals surface area contributed by atoms with Crippen LogP contribution in [0.25, 0.3) is 0 Å². The Morgan fingerprint density at radius 2 is 1.88 bits per heavy atom. The lowest BCUT2D eigenvalue weighted by Crippen LogP contribution is -2.45. The number of carbonyl (C=O) groups excluding carboxylic acids is 1. The molecule has 2 aromatic rings. The van der Waals surface area contributed by atoms with Gasteiger partial charge in [0.15, 0.2) is 0 Å². The Balaban J connectivity index is 1.51. The lowest BCUT2D eigenvalue weighted by Gasteiger charge is -2.28. The van der Waals surface area contributed by atoms with Crippen molar-refractivity contribution in [2.45, 2.75) is 55.8 Å². The molecule has 1 N–H and O–H groups in total. The van der Waals surface area contributed by atoms with Crippen LogP contribution in [0.3, 0.4) is 0 Å². The van der Waals surface area contributed by atoms with Gasteiger partial charge < -0.3 is 4.74 Å². The minimum absolute atomic E-state index is 0.0208. The second-order valence-corrected chi connectivity index (χ2v) is 10.9. The van der Waals surface area contributed by atoms with Gasteiger partial charge in [0, 0.05) is 11.6 Å². The third kappa shape index (κ3) is 4.91.